The summed E-state index contributed by atoms with van der Waals surface area (Å²) in [5.41, 5.74) is 1.27. The van der Waals surface area contributed by atoms with Crippen LogP contribution in [0.2, 0.25) is 5.02 Å². The maximum absolute atomic E-state index is 12.5. The number of nitrogens with zero attached hydrogens (tertiary/aromatic N) is 2. The minimum Gasteiger partial charge on any atom is -0.481 e. The molecule has 3 aromatic rings. The zero-order valence-corrected chi connectivity index (χ0v) is 17.3. The number of amides is 1. The highest BCUT2D eigenvalue weighted by molar-refractivity contribution is 7.92. The molecule has 0 unspecified atom stereocenters. The number of hydrogen-bond donors (Lipinski definition) is 2. The highest BCUT2D eigenvalue weighted by Gasteiger charge is 2.15. The fraction of sp³-hybridized carbons (Fsp3) is 0.0500. The van der Waals surface area contributed by atoms with E-state index in [9.17, 15) is 13.2 Å². The summed E-state index contributed by atoms with van der Waals surface area (Å²) in [7, 11) is -2.45. The molecule has 1 heterocycles. The quantitative estimate of drug-likeness (QED) is 0.539. The highest BCUT2D eigenvalue weighted by atomic mass is 35.5. The first-order valence-electron chi connectivity index (χ1n) is 8.59. The number of carbonyl (C=O) groups is 1. The van der Waals surface area contributed by atoms with Gasteiger partial charge in [0.05, 0.1) is 12.0 Å². The van der Waals surface area contributed by atoms with Gasteiger partial charge in [0.15, 0.2) is 0 Å². The molecule has 0 fully saturated rings. The van der Waals surface area contributed by atoms with Crippen LogP contribution in [0.3, 0.4) is 0 Å². The Balaban J connectivity index is 1.64. The Hall–Kier alpha value is -3.43. The van der Waals surface area contributed by atoms with Crippen molar-refractivity contribution >= 4 is 45.1 Å². The van der Waals surface area contributed by atoms with Gasteiger partial charge in [-0.25, -0.2) is 18.4 Å². The molecule has 0 bridgehead atoms. The molecule has 8 nitrogen and oxygen atoms in total. The molecule has 10 heteroatoms. The predicted molar refractivity (Wildman–Crippen MR) is 115 cm³/mol. The van der Waals surface area contributed by atoms with Crippen LogP contribution in [0, 0.1) is 0 Å². The van der Waals surface area contributed by atoms with Gasteiger partial charge in [0.25, 0.3) is 10.0 Å². The number of sulfonamides is 1. The Morgan fingerprint density at radius 1 is 1.07 bits per heavy atom. The minimum absolute atomic E-state index is 0.00906. The largest absolute Gasteiger partial charge is 0.481 e. The summed E-state index contributed by atoms with van der Waals surface area (Å²) in [5.74, 6) is -0.0502. The van der Waals surface area contributed by atoms with Crippen LogP contribution < -0.4 is 14.8 Å². The first-order valence-corrected chi connectivity index (χ1v) is 10.5. The van der Waals surface area contributed by atoms with Crippen LogP contribution in [-0.2, 0) is 14.8 Å². The van der Waals surface area contributed by atoms with Gasteiger partial charge in [-0.1, -0.05) is 23.7 Å². The van der Waals surface area contributed by atoms with E-state index in [2.05, 4.69) is 20.0 Å². The van der Waals surface area contributed by atoms with Gasteiger partial charge in [-0.15, -0.1) is 0 Å². The number of methoxy groups -OCH3 is 1. The normalized spacial score (nSPS) is 11.3. The second-order valence-electron chi connectivity index (χ2n) is 5.95. The molecule has 0 aliphatic carbocycles. The minimum atomic E-state index is -3.87. The average molecular weight is 445 g/mol. The second-order valence-corrected chi connectivity index (χ2v) is 8.07. The van der Waals surface area contributed by atoms with E-state index in [1.807, 2.05) is 0 Å². The van der Waals surface area contributed by atoms with Gasteiger partial charge >= 0.3 is 0 Å². The van der Waals surface area contributed by atoms with Gasteiger partial charge in [-0.3, -0.25) is 9.52 Å². The number of rotatable bonds is 7. The van der Waals surface area contributed by atoms with Crippen LogP contribution >= 0.6 is 11.6 Å². The molecule has 154 valence electrons. The van der Waals surface area contributed by atoms with Gasteiger partial charge in [0.1, 0.15) is 12.1 Å². The van der Waals surface area contributed by atoms with Crippen molar-refractivity contribution in [2.45, 2.75) is 4.90 Å². The number of halogens is 1. The molecule has 2 aromatic carbocycles. The number of aromatic nitrogens is 2. The third-order valence-electron chi connectivity index (χ3n) is 3.82. The molecule has 0 radical (unpaired) electrons. The van der Waals surface area contributed by atoms with Crippen molar-refractivity contribution in [2.75, 3.05) is 17.1 Å². The van der Waals surface area contributed by atoms with E-state index in [0.717, 1.165) is 5.56 Å². The first-order chi connectivity index (χ1) is 14.4. The molecular weight excluding hydrogens is 428 g/mol. The predicted octanol–water partition coefficient (Wildman–Crippen LogP) is 3.59. The van der Waals surface area contributed by atoms with Gasteiger partial charge in [-0.2, -0.15) is 0 Å². The van der Waals surface area contributed by atoms with E-state index >= 15 is 0 Å². The van der Waals surface area contributed by atoms with Crippen LogP contribution in [-0.4, -0.2) is 31.4 Å². The summed E-state index contributed by atoms with van der Waals surface area (Å²) >= 11 is 5.82. The molecule has 1 aromatic heterocycles. The first kappa shape index (κ1) is 21.3. The fourth-order valence-corrected chi connectivity index (χ4v) is 3.48. The van der Waals surface area contributed by atoms with Crippen molar-refractivity contribution in [3.8, 4) is 5.88 Å². The van der Waals surface area contributed by atoms with Gasteiger partial charge in [-0.05, 0) is 48.0 Å². The number of anilines is 2. The van der Waals surface area contributed by atoms with Gasteiger partial charge < -0.3 is 10.1 Å². The molecule has 0 aliphatic heterocycles. The molecule has 1 amide bonds. The van der Waals surface area contributed by atoms with Crippen molar-refractivity contribution in [1.82, 2.24) is 9.97 Å². The van der Waals surface area contributed by atoms with Gasteiger partial charge in [0, 0.05) is 22.9 Å². The Labute approximate surface area is 178 Å². The topological polar surface area (TPSA) is 110 Å². The standard InChI is InChI=1S/C20H17ClN4O4S/c1-29-20-12-18(22-13-23-20)25-30(27,28)17-9-7-16(8-10-17)24-19(26)11-4-14-2-5-15(21)6-3-14/h2-13H,1H3,(H,24,26)(H,22,23,25)/b11-4+. The van der Waals surface area contributed by atoms with Crippen LogP contribution in [0.5, 0.6) is 5.88 Å². The van der Waals surface area contributed by atoms with E-state index in [1.54, 1.807) is 30.3 Å². The van der Waals surface area contributed by atoms with Crippen molar-refractivity contribution in [3.05, 3.63) is 77.6 Å². The van der Waals surface area contributed by atoms with Crippen LogP contribution in [0.4, 0.5) is 11.5 Å². The second kappa shape index (κ2) is 9.38. The molecule has 0 aliphatic rings. The van der Waals surface area contributed by atoms with E-state index in [1.165, 1.54) is 49.8 Å². The SMILES string of the molecule is COc1cc(NS(=O)(=O)c2ccc(NC(=O)/C=C/c3ccc(Cl)cc3)cc2)ncn1. The summed E-state index contributed by atoms with van der Waals surface area (Å²) in [6.07, 6.45) is 4.20. The Bertz CT molecular complexity index is 1160. The Morgan fingerprint density at radius 3 is 2.43 bits per heavy atom. The number of carbonyl (C=O) groups excluding carboxylic acids is 1. The summed E-state index contributed by atoms with van der Waals surface area (Å²) in [5, 5.41) is 3.27. The number of benzene rings is 2. The van der Waals surface area contributed by atoms with E-state index in [-0.39, 0.29) is 22.5 Å². The average Bonchev–Trinajstić information content (AvgIpc) is 2.73. The molecule has 3 rings (SSSR count). The number of ether oxygens (including phenoxy) is 1. The van der Waals surface area contributed by atoms with Crippen molar-refractivity contribution in [3.63, 3.8) is 0 Å². The summed E-state index contributed by atoms with van der Waals surface area (Å²) in [6.45, 7) is 0. The lowest BCUT2D eigenvalue weighted by molar-refractivity contribution is -0.111. The van der Waals surface area contributed by atoms with Crippen molar-refractivity contribution in [1.29, 1.82) is 0 Å². The van der Waals surface area contributed by atoms with E-state index in [0.29, 0.717) is 10.7 Å². The number of nitrogens with one attached hydrogen (secondary N) is 2. The summed E-state index contributed by atoms with van der Waals surface area (Å²) < 4.78 is 32.3. The molecule has 30 heavy (non-hydrogen) atoms. The van der Waals surface area contributed by atoms with Crippen LogP contribution in [0.1, 0.15) is 5.56 Å². The Morgan fingerprint density at radius 2 is 1.77 bits per heavy atom. The smallest absolute Gasteiger partial charge is 0.263 e. The molecule has 2 N–H and O–H groups in total. The zero-order chi connectivity index (χ0) is 21.6. The molecule has 0 spiro atoms. The lowest BCUT2D eigenvalue weighted by Gasteiger charge is -2.09. The van der Waals surface area contributed by atoms with Crippen molar-refractivity contribution in [2.24, 2.45) is 0 Å². The van der Waals surface area contributed by atoms with E-state index < -0.39 is 10.0 Å². The number of hydrogen-bond acceptors (Lipinski definition) is 6. The summed E-state index contributed by atoms with van der Waals surface area (Å²) in [6, 6.07) is 14.1. The zero-order valence-electron chi connectivity index (χ0n) is 15.7. The van der Waals surface area contributed by atoms with Crippen molar-refractivity contribution < 1.29 is 17.9 Å². The molecule has 0 atom stereocenters. The summed E-state index contributed by atoms with van der Waals surface area (Å²) in [4.78, 5) is 19.7. The lowest BCUT2D eigenvalue weighted by atomic mass is 10.2. The molecule has 0 saturated carbocycles. The third-order valence-corrected chi connectivity index (χ3v) is 5.44. The Kier molecular flexibility index (Phi) is 6.65. The van der Waals surface area contributed by atoms with E-state index in [4.69, 9.17) is 16.3 Å². The molecule has 0 saturated heterocycles. The monoisotopic (exact) mass is 444 g/mol. The third kappa shape index (κ3) is 5.79. The van der Waals surface area contributed by atoms with Gasteiger partial charge in [0.2, 0.25) is 11.8 Å². The maximum Gasteiger partial charge on any atom is 0.263 e. The maximum atomic E-state index is 12.5. The van der Waals surface area contributed by atoms with Crippen LogP contribution in [0.15, 0.2) is 71.9 Å². The molecular formula is C20H17ClN4O4S. The lowest BCUT2D eigenvalue weighted by Crippen LogP contribution is -2.14. The highest BCUT2D eigenvalue weighted by Crippen LogP contribution is 2.19. The fourth-order valence-electron chi connectivity index (χ4n) is 2.35. The van der Waals surface area contributed by atoms with Crippen LogP contribution in [0.25, 0.3) is 6.08 Å².